The molecule has 1 amide bonds. The summed E-state index contributed by atoms with van der Waals surface area (Å²) in [6.07, 6.45) is 0. The maximum atomic E-state index is 11.8. The van der Waals surface area contributed by atoms with E-state index in [1.54, 1.807) is 17.5 Å². The quantitative estimate of drug-likeness (QED) is 0.909. The van der Waals surface area contributed by atoms with Gasteiger partial charge in [0.1, 0.15) is 5.00 Å². The molecular formula is C10H6ClNO3S2. The number of carboxylic acid groups (broad SMARTS) is 1. The molecule has 2 aromatic rings. The van der Waals surface area contributed by atoms with Crippen LogP contribution in [0.25, 0.3) is 0 Å². The summed E-state index contributed by atoms with van der Waals surface area (Å²) >= 11 is 8.02. The van der Waals surface area contributed by atoms with Crippen molar-refractivity contribution in [1.82, 2.24) is 0 Å². The predicted octanol–water partition coefficient (Wildman–Crippen LogP) is 3.41. The number of carboxylic acids is 1. The molecule has 17 heavy (non-hydrogen) atoms. The largest absolute Gasteiger partial charge is 0.478 e. The third-order valence-electron chi connectivity index (χ3n) is 1.92. The summed E-state index contributed by atoms with van der Waals surface area (Å²) in [4.78, 5) is 23.0. The summed E-state index contributed by atoms with van der Waals surface area (Å²) in [5, 5.41) is 13.4. The Morgan fingerprint density at radius 2 is 2.06 bits per heavy atom. The molecular weight excluding hydrogens is 282 g/mol. The summed E-state index contributed by atoms with van der Waals surface area (Å²) in [7, 11) is 0. The van der Waals surface area contributed by atoms with Gasteiger partial charge in [-0.1, -0.05) is 11.6 Å². The first-order valence-corrected chi connectivity index (χ1v) is 6.53. The van der Waals surface area contributed by atoms with Gasteiger partial charge >= 0.3 is 5.97 Å². The zero-order valence-electron chi connectivity index (χ0n) is 8.27. The minimum absolute atomic E-state index is 0.0889. The second kappa shape index (κ2) is 4.87. The van der Waals surface area contributed by atoms with Gasteiger partial charge in [0, 0.05) is 0 Å². The fraction of sp³-hybridized carbons (Fsp3) is 0. The molecule has 2 rings (SSSR count). The van der Waals surface area contributed by atoms with Gasteiger partial charge in [0.2, 0.25) is 0 Å². The molecule has 0 aliphatic rings. The maximum absolute atomic E-state index is 11.8. The number of nitrogens with one attached hydrogen (secondary N) is 1. The molecule has 0 radical (unpaired) electrons. The van der Waals surface area contributed by atoms with Crippen LogP contribution in [-0.2, 0) is 0 Å². The molecule has 7 heteroatoms. The molecule has 2 N–H and O–H groups in total. The molecule has 0 aliphatic heterocycles. The third-order valence-corrected chi connectivity index (χ3v) is 3.98. The summed E-state index contributed by atoms with van der Waals surface area (Å²) in [6.45, 7) is 0. The van der Waals surface area contributed by atoms with Gasteiger partial charge in [0.05, 0.1) is 14.8 Å². The van der Waals surface area contributed by atoms with Crippen molar-refractivity contribution in [2.75, 3.05) is 5.32 Å². The van der Waals surface area contributed by atoms with Gasteiger partial charge < -0.3 is 10.4 Å². The number of hydrogen-bond donors (Lipinski definition) is 2. The van der Waals surface area contributed by atoms with Gasteiger partial charge in [-0.3, -0.25) is 4.79 Å². The number of anilines is 1. The zero-order valence-corrected chi connectivity index (χ0v) is 10.7. The molecule has 0 unspecified atom stereocenters. The Bertz CT molecular complexity index is 576. The lowest BCUT2D eigenvalue weighted by Crippen LogP contribution is -2.11. The van der Waals surface area contributed by atoms with Crippen molar-refractivity contribution in [3.05, 3.63) is 38.4 Å². The van der Waals surface area contributed by atoms with Gasteiger partial charge in [-0.2, -0.15) is 0 Å². The average Bonchev–Trinajstić information content (AvgIpc) is 2.86. The van der Waals surface area contributed by atoms with Crippen LogP contribution < -0.4 is 5.32 Å². The number of amides is 1. The number of rotatable bonds is 3. The van der Waals surface area contributed by atoms with Crippen LogP contribution in [0.4, 0.5) is 5.00 Å². The molecule has 0 saturated heterocycles. The van der Waals surface area contributed by atoms with Crippen LogP contribution in [0.2, 0.25) is 4.34 Å². The highest BCUT2D eigenvalue weighted by Gasteiger charge is 2.15. The molecule has 2 aromatic heterocycles. The summed E-state index contributed by atoms with van der Waals surface area (Å²) < 4.78 is 0.514. The van der Waals surface area contributed by atoms with E-state index in [1.807, 2.05) is 0 Å². The molecule has 0 atom stereocenters. The Balaban J connectivity index is 2.18. The molecule has 88 valence electrons. The van der Waals surface area contributed by atoms with E-state index in [4.69, 9.17) is 16.7 Å². The highest BCUT2D eigenvalue weighted by molar-refractivity contribution is 7.18. The van der Waals surface area contributed by atoms with E-state index < -0.39 is 5.97 Å². The second-order valence-corrected chi connectivity index (χ2v) is 5.66. The van der Waals surface area contributed by atoms with E-state index in [9.17, 15) is 9.59 Å². The number of hydrogen-bond acceptors (Lipinski definition) is 4. The Hall–Kier alpha value is -1.37. The topological polar surface area (TPSA) is 66.4 Å². The van der Waals surface area contributed by atoms with Crippen LogP contribution in [0.15, 0.2) is 23.6 Å². The fourth-order valence-electron chi connectivity index (χ4n) is 1.18. The van der Waals surface area contributed by atoms with E-state index in [-0.39, 0.29) is 11.5 Å². The highest BCUT2D eigenvalue weighted by Crippen LogP contribution is 2.26. The van der Waals surface area contributed by atoms with Crippen LogP contribution in [0, 0.1) is 0 Å². The summed E-state index contributed by atoms with van der Waals surface area (Å²) in [6, 6.07) is 4.66. The van der Waals surface area contributed by atoms with Crippen LogP contribution >= 0.6 is 34.3 Å². The van der Waals surface area contributed by atoms with E-state index in [0.717, 1.165) is 11.3 Å². The number of aromatic carboxylic acids is 1. The van der Waals surface area contributed by atoms with Crippen molar-refractivity contribution >= 4 is 51.2 Å². The lowest BCUT2D eigenvalue weighted by atomic mass is 10.3. The van der Waals surface area contributed by atoms with E-state index in [2.05, 4.69) is 5.32 Å². The van der Waals surface area contributed by atoms with Crippen molar-refractivity contribution in [2.45, 2.75) is 0 Å². The van der Waals surface area contributed by atoms with Gasteiger partial charge in [0.25, 0.3) is 5.91 Å². The first-order chi connectivity index (χ1) is 8.08. The van der Waals surface area contributed by atoms with Crippen molar-refractivity contribution in [3.8, 4) is 0 Å². The molecule has 0 bridgehead atoms. The minimum atomic E-state index is -1.06. The Morgan fingerprint density at radius 3 is 2.65 bits per heavy atom. The average molecular weight is 288 g/mol. The Kier molecular flexibility index (Phi) is 3.46. The van der Waals surface area contributed by atoms with E-state index in [1.165, 1.54) is 17.4 Å². The van der Waals surface area contributed by atoms with Crippen molar-refractivity contribution in [2.24, 2.45) is 0 Å². The standard InChI is InChI=1S/C10H6ClNO3S2/c11-7-2-1-6(17-7)8(13)12-9-5(10(14)15)3-4-16-9/h1-4H,(H,12,13)(H,14,15). The minimum Gasteiger partial charge on any atom is -0.478 e. The second-order valence-electron chi connectivity index (χ2n) is 3.03. The number of carbonyl (C=O) groups is 2. The summed E-state index contributed by atoms with van der Waals surface area (Å²) in [5.41, 5.74) is 0.0889. The van der Waals surface area contributed by atoms with Gasteiger partial charge in [-0.05, 0) is 23.6 Å². The van der Waals surface area contributed by atoms with Crippen molar-refractivity contribution in [3.63, 3.8) is 0 Å². The van der Waals surface area contributed by atoms with Gasteiger partial charge in [-0.25, -0.2) is 4.79 Å². The highest BCUT2D eigenvalue weighted by atomic mass is 35.5. The maximum Gasteiger partial charge on any atom is 0.338 e. The Labute approximate surface area is 109 Å². The molecule has 0 aromatic carbocycles. The lowest BCUT2D eigenvalue weighted by Gasteiger charge is -2.01. The zero-order chi connectivity index (χ0) is 12.4. The monoisotopic (exact) mass is 287 g/mol. The van der Waals surface area contributed by atoms with Crippen molar-refractivity contribution in [1.29, 1.82) is 0 Å². The number of thiophene rings is 2. The molecule has 4 nitrogen and oxygen atoms in total. The fourth-order valence-corrected chi connectivity index (χ4v) is 2.89. The molecule has 0 aliphatic carbocycles. The van der Waals surface area contributed by atoms with Gasteiger partial charge in [-0.15, -0.1) is 22.7 Å². The van der Waals surface area contributed by atoms with Crippen LogP contribution in [0.5, 0.6) is 0 Å². The van der Waals surface area contributed by atoms with E-state index in [0.29, 0.717) is 14.2 Å². The van der Waals surface area contributed by atoms with Crippen LogP contribution in [0.3, 0.4) is 0 Å². The SMILES string of the molecule is O=C(Nc1sccc1C(=O)O)c1ccc(Cl)s1. The summed E-state index contributed by atoms with van der Waals surface area (Å²) in [5.74, 6) is -1.42. The third kappa shape index (κ3) is 2.66. The Morgan fingerprint density at radius 1 is 1.29 bits per heavy atom. The first-order valence-electron chi connectivity index (χ1n) is 4.45. The van der Waals surface area contributed by atoms with Crippen LogP contribution in [0.1, 0.15) is 20.0 Å². The lowest BCUT2D eigenvalue weighted by molar-refractivity contribution is 0.0698. The smallest absolute Gasteiger partial charge is 0.338 e. The molecule has 0 fully saturated rings. The van der Waals surface area contributed by atoms with Gasteiger partial charge in [0.15, 0.2) is 0 Å². The number of halogens is 1. The van der Waals surface area contributed by atoms with E-state index >= 15 is 0 Å². The molecule has 0 saturated carbocycles. The first kappa shape index (κ1) is 12.1. The van der Waals surface area contributed by atoms with Crippen molar-refractivity contribution < 1.29 is 14.7 Å². The predicted molar refractivity (Wildman–Crippen MR) is 68.6 cm³/mol. The normalized spacial score (nSPS) is 10.2. The molecule has 0 spiro atoms. The molecule has 2 heterocycles. The van der Waals surface area contributed by atoms with Crippen LogP contribution in [-0.4, -0.2) is 17.0 Å². The number of carbonyl (C=O) groups excluding carboxylic acids is 1.